The molecule has 0 radical (unpaired) electrons. The van der Waals surface area contributed by atoms with Crippen molar-refractivity contribution >= 4 is 0 Å². The van der Waals surface area contributed by atoms with Crippen molar-refractivity contribution in [2.75, 3.05) is 6.54 Å². The predicted molar refractivity (Wildman–Crippen MR) is 69.1 cm³/mol. The first-order valence-corrected chi connectivity index (χ1v) is 6.63. The molecule has 1 saturated carbocycles. The SMILES string of the molecule is c1nc2c(cc1-c1cnn(C3CC3)c1)CNCC2. The Morgan fingerprint density at radius 3 is 3.06 bits per heavy atom. The molecular weight excluding hydrogens is 224 g/mol. The van der Waals surface area contributed by atoms with Crippen molar-refractivity contribution in [2.24, 2.45) is 0 Å². The molecule has 2 aromatic rings. The minimum atomic E-state index is 0.644. The Morgan fingerprint density at radius 1 is 1.22 bits per heavy atom. The molecule has 1 aliphatic heterocycles. The van der Waals surface area contributed by atoms with Gasteiger partial charge in [0.05, 0.1) is 12.2 Å². The number of hydrogen-bond acceptors (Lipinski definition) is 3. The van der Waals surface area contributed by atoms with Gasteiger partial charge in [0.2, 0.25) is 0 Å². The van der Waals surface area contributed by atoms with Gasteiger partial charge in [-0.3, -0.25) is 9.67 Å². The van der Waals surface area contributed by atoms with Crippen molar-refractivity contribution < 1.29 is 0 Å². The summed E-state index contributed by atoms with van der Waals surface area (Å²) in [5.74, 6) is 0. The summed E-state index contributed by atoms with van der Waals surface area (Å²) >= 11 is 0. The van der Waals surface area contributed by atoms with Crippen LogP contribution in [0.5, 0.6) is 0 Å². The fourth-order valence-electron chi connectivity index (χ4n) is 2.53. The summed E-state index contributed by atoms with van der Waals surface area (Å²) in [6, 6.07) is 2.90. The molecule has 4 rings (SSSR count). The van der Waals surface area contributed by atoms with E-state index in [-0.39, 0.29) is 0 Å². The van der Waals surface area contributed by atoms with Crippen molar-refractivity contribution in [3.8, 4) is 11.1 Å². The molecule has 4 nitrogen and oxygen atoms in total. The topological polar surface area (TPSA) is 42.7 Å². The third kappa shape index (κ3) is 1.73. The quantitative estimate of drug-likeness (QED) is 0.872. The monoisotopic (exact) mass is 240 g/mol. The molecule has 1 N–H and O–H groups in total. The maximum Gasteiger partial charge on any atom is 0.0569 e. The largest absolute Gasteiger partial charge is 0.312 e. The van der Waals surface area contributed by atoms with E-state index in [1.54, 1.807) is 0 Å². The fourth-order valence-corrected chi connectivity index (χ4v) is 2.53. The van der Waals surface area contributed by atoms with Crippen LogP contribution in [0.25, 0.3) is 11.1 Å². The van der Waals surface area contributed by atoms with Gasteiger partial charge in [-0.25, -0.2) is 0 Å². The van der Waals surface area contributed by atoms with E-state index in [0.29, 0.717) is 6.04 Å². The van der Waals surface area contributed by atoms with Crippen LogP contribution in [0, 0.1) is 0 Å². The number of nitrogens with one attached hydrogen (secondary N) is 1. The van der Waals surface area contributed by atoms with Crippen molar-refractivity contribution in [1.29, 1.82) is 0 Å². The Bertz CT molecular complexity index is 583. The predicted octanol–water partition coefficient (Wildman–Crippen LogP) is 1.93. The second kappa shape index (κ2) is 3.92. The van der Waals surface area contributed by atoms with Crippen LogP contribution in [0.4, 0.5) is 0 Å². The first kappa shape index (κ1) is 10.3. The van der Waals surface area contributed by atoms with Crippen LogP contribution in [0.1, 0.15) is 30.1 Å². The molecule has 0 amide bonds. The Morgan fingerprint density at radius 2 is 2.17 bits per heavy atom. The van der Waals surface area contributed by atoms with Gasteiger partial charge in [0.15, 0.2) is 0 Å². The normalized spacial score (nSPS) is 18.7. The lowest BCUT2D eigenvalue weighted by Crippen LogP contribution is -2.24. The van der Waals surface area contributed by atoms with Gasteiger partial charge in [-0.05, 0) is 24.5 Å². The van der Waals surface area contributed by atoms with Crippen molar-refractivity contribution in [1.82, 2.24) is 20.1 Å². The van der Waals surface area contributed by atoms with Crippen molar-refractivity contribution in [3.05, 3.63) is 35.9 Å². The highest BCUT2D eigenvalue weighted by Gasteiger charge is 2.24. The molecule has 4 heteroatoms. The van der Waals surface area contributed by atoms with Gasteiger partial charge in [0.25, 0.3) is 0 Å². The molecule has 1 fully saturated rings. The number of hydrogen-bond donors (Lipinski definition) is 1. The smallest absolute Gasteiger partial charge is 0.0569 e. The molecule has 0 spiro atoms. The Labute approximate surface area is 106 Å². The molecular formula is C14H16N4. The average molecular weight is 240 g/mol. The molecule has 0 atom stereocenters. The minimum absolute atomic E-state index is 0.644. The molecule has 92 valence electrons. The molecule has 0 saturated heterocycles. The van der Waals surface area contributed by atoms with E-state index in [2.05, 4.69) is 32.3 Å². The minimum Gasteiger partial charge on any atom is -0.312 e. The summed E-state index contributed by atoms with van der Waals surface area (Å²) in [6.07, 6.45) is 9.67. The number of fused-ring (bicyclic) bond motifs is 1. The van der Waals surface area contributed by atoms with Crippen LogP contribution in [0.2, 0.25) is 0 Å². The molecule has 1 aliphatic carbocycles. The van der Waals surface area contributed by atoms with Crippen molar-refractivity contribution in [3.63, 3.8) is 0 Å². The van der Waals surface area contributed by atoms with Gasteiger partial charge in [-0.2, -0.15) is 5.10 Å². The maximum atomic E-state index is 4.59. The fraction of sp³-hybridized carbons (Fsp3) is 0.429. The zero-order valence-corrected chi connectivity index (χ0v) is 10.3. The lowest BCUT2D eigenvalue weighted by molar-refractivity contribution is 0.630. The van der Waals surface area contributed by atoms with E-state index in [1.165, 1.54) is 35.2 Å². The van der Waals surface area contributed by atoms with Gasteiger partial charge in [0.1, 0.15) is 0 Å². The van der Waals surface area contributed by atoms with E-state index in [9.17, 15) is 0 Å². The van der Waals surface area contributed by atoms with Crippen molar-refractivity contribution in [2.45, 2.75) is 31.8 Å². The van der Waals surface area contributed by atoms with Crippen LogP contribution in [-0.2, 0) is 13.0 Å². The Balaban J connectivity index is 1.70. The van der Waals surface area contributed by atoms with Crippen LogP contribution in [0.15, 0.2) is 24.7 Å². The number of nitrogens with zero attached hydrogens (tertiary/aromatic N) is 3. The molecule has 18 heavy (non-hydrogen) atoms. The number of aromatic nitrogens is 3. The summed E-state index contributed by atoms with van der Waals surface area (Å²) in [5, 5.41) is 7.83. The van der Waals surface area contributed by atoms with Gasteiger partial charge in [0, 0.05) is 48.7 Å². The molecule has 2 aromatic heterocycles. The first-order chi connectivity index (χ1) is 8.90. The maximum absolute atomic E-state index is 4.59. The molecule has 3 heterocycles. The first-order valence-electron chi connectivity index (χ1n) is 6.63. The van der Waals surface area contributed by atoms with E-state index >= 15 is 0 Å². The van der Waals surface area contributed by atoms with Crippen LogP contribution in [-0.4, -0.2) is 21.3 Å². The molecule has 0 unspecified atom stereocenters. The summed E-state index contributed by atoms with van der Waals surface area (Å²) in [7, 11) is 0. The van der Waals surface area contributed by atoms with Gasteiger partial charge in [-0.15, -0.1) is 0 Å². The number of pyridine rings is 1. The summed E-state index contributed by atoms with van der Waals surface area (Å²) in [6.45, 7) is 1.98. The highest BCUT2D eigenvalue weighted by Crippen LogP contribution is 2.35. The zero-order chi connectivity index (χ0) is 11.9. The molecule has 0 bridgehead atoms. The Hall–Kier alpha value is -1.68. The van der Waals surface area contributed by atoms with E-state index in [4.69, 9.17) is 0 Å². The number of rotatable bonds is 2. The molecule has 2 aliphatic rings. The van der Waals surface area contributed by atoms with Crippen LogP contribution in [0.3, 0.4) is 0 Å². The lowest BCUT2D eigenvalue weighted by Gasteiger charge is -2.16. The standard InChI is InChI=1S/C14H16N4/c1-2-13(1)18-9-12(8-17-18)10-5-11-6-15-4-3-14(11)16-7-10/h5,7-9,13,15H,1-4,6H2. The van der Waals surface area contributed by atoms with E-state index in [0.717, 1.165) is 19.5 Å². The third-order valence-corrected chi connectivity index (χ3v) is 3.77. The van der Waals surface area contributed by atoms with Gasteiger partial charge < -0.3 is 5.32 Å². The summed E-state index contributed by atoms with van der Waals surface area (Å²) in [5.41, 5.74) is 4.94. The zero-order valence-electron chi connectivity index (χ0n) is 10.3. The second-order valence-corrected chi connectivity index (χ2v) is 5.20. The van der Waals surface area contributed by atoms with Crippen LogP contribution >= 0.6 is 0 Å². The Kier molecular flexibility index (Phi) is 2.23. The van der Waals surface area contributed by atoms with Gasteiger partial charge >= 0.3 is 0 Å². The van der Waals surface area contributed by atoms with E-state index < -0.39 is 0 Å². The van der Waals surface area contributed by atoms with Gasteiger partial charge in [-0.1, -0.05) is 0 Å². The molecule has 0 aromatic carbocycles. The highest BCUT2D eigenvalue weighted by molar-refractivity contribution is 5.62. The summed E-state index contributed by atoms with van der Waals surface area (Å²) in [4.78, 5) is 4.59. The average Bonchev–Trinajstić information content (AvgIpc) is 3.16. The summed E-state index contributed by atoms with van der Waals surface area (Å²) < 4.78 is 2.09. The highest BCUT2D eigenvalue weighted by atomic mass is 15.3. The third-order valence-electron chi connectivity index (χ3n) is 3.77. The second-order valence-electron chi connectivity index (χ2n) is 5.20. The lowest BCUT2D eigenvalue weighted by atomic mass is 10.0. The van der Waals surface area contributed by atoms with Crippen LogP contribution < -0.4 is 5.32 Å². The van der Waals surface area contributed by atoms with E-state index in [1.807, 2.05) is 12.4 Å².